The van der Waals surface area contributed by atoms with Crippen molar-refractivity contribution in [2.75, 3.05) is 20.8 Å². The molecule has 0 aromatic heterocycles. The van der Waals surface area contributed by atoms with Gasteiger partial charge in [0.25, 0.3) is 5.91 Å². The largest absolute Gasteiger partial charge is 0.493 e. The summed E-state index contributed by atoms with van der Waals surface area (Å²) in [5.74, 6) is 1.18. The molecule has 0 radical (unpaired) electrons. The zero-order valence-corrected chi connectivity index (χ0v) is 14.8. The lowest BCUT2D eigenvalue weighted by atomic mass is 9.97. The Labute approximate surface area is 143 Å². The van der Waals surface area contributed by atoms with Gasteiger partial charge in [-0.25, -0.2) is 0 Å². The van der Waals surface area contributed by atoms with Crippen LogP contribution in [0.5, 0.6) is 11.5 Å². The molecule has 1 aromatic carbocycles. The first-order chi connectivity index (χ1) is 11.6. The summed E-state index contributed by atoms with van der Waals surface area (Å²) in [7, 11) is 3.15. The zero-order valence-electron chi connectivity index (χ0n) is 14.8. The fourth-order valence-electron chi connectivity index (χ4n) is 3.19. The Balaban J connectivity index is 1.94. The van der Waals surface area contributed by atoms with Gasteiger partial charge in [0.05, 0.1) is 20.4 Å². The van der Waals surface area contributed by atoms with Crippen LogP contribution in [0.15, 0.2) is 23.4 Å². The molecule has 0 unspecified atom stereocenters. The fraction of sp³-hybridized carbons (Fsp3) is 0.556. The first-order valence-corrected chi connectivity index (χ1v) is 8.26. The Morgan fingerprint density at radius 2 is 1.96 bits per heavy atom. The number of ether oxygens (including phenoxy) is 2. The van der Waals surface area contributed by atoms with Crippen molar-refractivity contribution in [1.29, 1.82) is 0 Å². The molecule has 0 saturated carbocycles. The van der Waals surface area contributed by atoms with E-state index in [2.05, 4.69) is 19.0 Å². The second-order valence-electron chi connectivity index (χ2n) is 6.02. The molecule has 6 heteroatoms. The lowest BCUT2D eigenvalue weighted by Crippen LogP contribution is -2.48. The van der Waals surface area contributed by atoms with E-state index in [1.165, 1.54) is 12.6 Å². The van der Waals surface area contributed by atoms with Crippen LogP contribution < -0.4 is 9.47 Å². The van der Waals surface area contributed by atoms with Crippen molar-refractivity contribution in [3.05, 3.63) is 23.8 Å². The van der Waals surface area contributed by atoms with Crippen LogP contribution in [0.3, 0.4) is 0 Å². The van der Waals surface area contributed by atoms with E-state index in [0.29, 0.717) is 11.5 Å². The van der Waals surface area contributed by atoms with Crippen molar-refractivity contribution in [2.45, 2.75) is 45.2 Å². The van der Waals surface area contributed by atoms with Crippen LogP contribution in [0.2, 0.25) is 0 Å². The minimum Gasteiger partial charge on any atom is -0.493 e. The minimum absolute atomic E-state index is 0.0237. The number of para-hydroxylation sites is 1. The molecule has 0 bridgehead atoms. The van der Waals surface area contributed by atoms with Gasteiger partial charge in [-0.05, 0) is 45.2 Å². The van der Waals surface area contributed by atoms with Crippen molar-refractivity contribution >= 4 is 12.1 Å². The molecule has 0 N–H and O–H groups in total. The van der Waals surface area contributed by atoms with Crippen LogP contribution in [-0.2, 0) is 9.63 Å². The number of rotatable bonds is 6. The summed E-state index contributed by atoms with van der Waals surface area (Å²) < 4.78 is 10.6. The SMILES string of the molecule is COc1cccc(/C=N\OCC(=O)N2[C@@H](C)CCC[C@@H]2C)c1OC. The maximum Gasteiger partial charge on any atom is 0.263 e. The molecule has 132 valence electrons. The van der Waals surface area contributed by atoms with E-state index in [1.54, 1.807) is 20.3 Å². The third-order valence-electron chi connectivity index (χ3n) is 4.37. The van der Waals surface area contributed by atoms with Gasteiger partial charge >= 0.3 is 0 Å². The number of hydrogen-bond acceptors (Lipinski definition) is 5. The van der Waals surface area contributed by atoms with Gasteiger partial charge in [-0.2, -0.15) is 0 Å². The summed E-state index contributed by atoms with van der Waals surface area (Å²) in [5, 5.41) is 3.90. The Morgan fingerprint density at radius 3 is 2.58 bits per heavy atom. The van der Waals surface area contributed by atoms with E-state index in [4.69, 9.17) is 14.3 Å². The van der Waals surface area contributed by atoms with Gasteiger partial charge in [0.2, 0.25) is 0 Å². The molecule has 1 heterocycles. The molecular formula is C18H26N2O4. The average Bonchev–Trinajstić information content (AvgIpc) is 2.58. The van der Waals surface area contributed by atoms with E-state index < -0.39 is 0 Å². The number of benzene rings is 1. The van der Waals surface area contributed by atoms with E-state index in [-0.39, 0.29) is 24.6 Å². The number of methoxy groups -OCH3 is 2. The van der Waals surface area contributed by atoms with Crippen molar-refractivity contribution in [3.8, 4) is 11.5 Å². The van der Waals surface area contributed by atoms with Gasteiger partial charge in [-0.1, -0.05) is 11.2 Å². The van der Waals surface area contributed by atoms with Crippen LogP contribution in [0, 0.1) is 0 Å². The first kappa shape index (κ1) is 18.1. The summed E-state index contributed by atoms with van der Waals surface area (Å²) in [6, 6.07) is 6.00. The number of carbonyl (C=O) groups excluding carboxylic acids is 1. The number of carbonyl (C=O) groups is 1. The Kier molecular flexibility index (Phi) is 6.46. The molecule has 1 fully saturated rings. The monoisotopic (exact) mass is 334 g/mol. The van der Waals surface area contributed by atoms with E-state index in [9.17, 15) is 4.79 Å². The molecule has 1 aromatic rings. The molecule has 0 aliphatic carbocycles. The summed E-state index contributed by atoms with van der Waals surface area (Å²) in [5.41, 5.74) is 0.726. The lowest BCUT2D eigenvalue weighted by Gasteiger charge is -2.38. The molecule has 6 nitrogen and oxygen atoms in total. The topological polar surface area (TPSA) is 60.4 Å². The molecule has 24 heavy (non-hydrogen) atoms. The van der Waals surface area contributed by atoms with Crippen molar-refractivity contribution in [3.63, 3.8) is 0 Å². The first-order valence-electron chi connectivity index (χ1n) is 8.26. The maximum absolute atomic E-state index is 12.3. The number of oxime groups is 1. The van der Waals surface area contributed by atoms with Gasteiger partial charge in [0.1, 0.15) is 0 Å². The maximum atomic E-state index is 12.3. The summed E-state index contributed by atoms with van der Waals surface area (Å²) >= 11 is 0. The normalized spacial score (nSPS) is 20.9. The van der Waals surface area contributed by atoms with Crippen LogP contribution in [0.25, 0.3) is 0 Å². The highest BCUT2D eigenvalue weighted by Crippen LogP contribution is 2.29. The highest BCUT2D eigenvalue weighted by Gasteiger charge is 2.28. The third-order valence-corrected chi connectivity index (χ3v) is 4.37. The number of hydrogen-bond donors (Lipinski definition) is 0. The smallest absolute Gasteiger partial charge is 0.263 e. The van der Waals surface area contributed by atoms with E-state index >= 15 is 0 Å². The molecule has 1 aliphatic heterocycles. The van der Waals surface area contributed by atoms with E-state index in [1.807, 2.05) is 17.0 Å². The Bertz CT molecular complexity index is 578. The highest BCUT2D eigenvalue weighted by atomic mass is 16.6. The molecule has 1 aliphatic rings. The van der Waals surface area contributed by atoms with Gasteiger partial charge in [-0.3, -0.25) is 4.79 Å². The average molecular weight is 334 g/mol. The van der Waals surface area contributed by atoms with E-state index in [0.717, 1.165) is 18.4 Å². The summed E-state index contributed by atoms with van der Waals surface area (Å²) in [6.07, 6.45) is 4.78. The summed E-state index contributed by atoms with van der Waals surface area (Å²) in [6.45, 7) is 4.10. The number of amides is 1. The van der Waals surface area contributed by atoms with Gasteiger partial charge in [0, 0.05) is 17.6 Å². The molecule has 2 rings (SSSR count). The molecule has 0 spiro atoms. The molecule has 2 atom stereocenters. The second kappa shape index (κ2) is 8.57. The van der Waals surface area contributed by atoms with Crippen LogP contribution in [0.1, 0.15) is 38.7 Å². The highest BCUT2D eigenvalue weighted by molar-refractivity contribution is 5.85. The quantitative estimate of drug-likeness (QED) is 0.593. The van der Waals surface area contributed by atoms with Gasteiger partial charge in [0.15, 0.2) is 18.1 Å². The number of piperidine rings is 1. The minimum atomic E-state index is -0.0581. The van der Waals surface area contributed by atoms with Gasteiger partial charge in [-0.15, -0.1) is 0 Å². The standard InChI is InChI=1S/C18H26N2O4/c1-13-7-5-8-14(2)20(13)17(21)12-24-19-11-15-9-6-10-16(22-3)18(15)23-4/h6,9-11,13-14H,5,7-8,12H2,1-4H3/b19-11-/t13-,14-/m0/s1. The number of nitrogens with zero attached hydrogens (tertiary/aromatic N) is 2. The predicted molar refractivity (Wildman–Crippen MR) is 92.7 cm³/mol. The molecule has 1 amide bonds. The molecule has 1 saturated heterocycles. The lowest BCUT2D eigenvalue weighted by molar-refractivity contribution is -0.142. The Hall–Kier alpha value is -2.24. The molecular weight excluding hydrogens is 308 g/mol. The van der Waals surface area contributed by atoms with Gasteiger partial charge < -0.3 is 19.2 Å². The van der Waals surface area contributed by atoms with Crippen LogP contribution in [-0.4, -0.2) is 49.9 Å². The van der Waals surface area contributed by atoms with Crippen molar-refractivity contribution in [1.82, 2.24) is 4.90 Å². The predicted octanol–water partition coefficient (Wildman–Crippen LogP) is 2.84. The second-order valence-corrected chi connectivity index (χ2v) is 6.02. The van der Waals surface area contributed by atoms with Crippen molar-refractivity contribution < 1.29 is 19.1 Å². The van der Waals surface area contributed by atoms with Crippen LogP contribution >= 0.6 is 0 Å². The van der Waals surface area contributed by atoms with Crippen molar-refractivity contribution in [2.24, 2.45) is 5.16 Å². The zero-order chi connectivity index (χ0) is 17.5. The summed E-state index contributed by atoms with van der Waals surface area (Å²) in [4.78, 5) is 19.4. The van der Waals surface area contributed by atoms with Crippen LogP contribution in [0.4, 0.5) is 0 Å². The number of likely N-dealkylation sites (tertiary alicyclic amines) is 1. The fourth-order valence-corrected chi connectivity index (χ4v) is 3.19. The third kappa shape index (κ3) is 4.19. The Morgan fingerprint density at radius 1 is 1.25 bits per heavy atom.